The largest absolute Gasteiger partial charge is 0.384 e. The number of fused-ring (bicyclic) bond motifs is 1. The summed E-state index contributed by atoms with van der Waals surface area (Å²) in [4.78, 5) is 4.62. The van der Waals surface area contributed by atoms with Crippen molar-refractivity contribution in [2.75, 3.05) is 31.1 Å². The topological polar surface area (TPSA) is 56.4 Å². The van der Waals surface area contributed by atoms with Gasteiger partial charge >= 0.3 is 0 Å². The molecule has 0 bridgehead atoms. The minimum absolute atomic E-state index is 0.0916. The normalized spacial score (nSPS) is 23.4. The Morgan fingerprint density at radius 3 is 2.89 bits per heavy atom. The molecular formula is C14H19FN4. The number of nitrogens with one attached hydrogen (secondary N) is 1. The highest BCUT2D eigenvalue weighted by atomic mass is 19.1. The van der Waals surface area contributed by atoms with Crippen LogP contribution < -0.4 is 10.6 Å². The number of amidine groups is 1. The van der Waals surface area contributed by atoms with E-state index in [-0.39, 0.29) is 11.7 Å². The molecule has 0 aliphatic carbocycles. The van der Waals surface area contributed by atoms with Crippen LogP contribution in [0.4, 0.5) is 10.1 Å². The first-order valence-electron chi connectivity index (χ1n) is 6.78. The van der Waals surface area contributed by atoms with E-state index in [2.05, 4.69) is 9.80 Å². The molecule has 0 radical (unpaired) electrons. The van der Waals surface area contributed by atoms with Crippen molar-refractivity contribution in [1.29, 1.82) is 5.41 Å². The van der Waals surface area contributed by atoms with Gasteiger partial charge in [-0.05, 0) is 37.6 Å². The van der Waals surface area contributed by atoms with Crippen molar-refractivity contribution < 1.29 is 4.39 Å². The molecule has 2 saturated heterocycles. The molecule has 19 heavy (non-hydrogen) atoms. The van der Waals surface area contributed by atoms with Gasteiger partial charge in [-0.15, -0.1) is 0 Å². The predicted octanol–water partition coefficient (Wildman–Crippen LogP) is 1.39. The zero-order valence-corrected chi connectivity index (χ0v) is 10.9. The Hall–Kier alpha value is -1.62. The third-order valence-electron chi connectivity index (χ3n) is 4.19. The molecule has 5 heteroatoms. The third kappa shape index (κ3) is 2.30. The molecule has 1 atom stereocenters. The Bertz CT molecular complexity index is 502. The van der Waals surface area contributed by atoms with E-state index < -0.39 is 0 Å². The Labute approximate surface area is 112 Å². The van der Waals surface area contributed by atoms with Crippen molar-refractivity contribution in [2.45, 2.75) is 18.9 Å². The monoisotopic (exact) mass is 262 g/mol. The summed E-state index contributed by atoms with van der Waals surface area (Å²) >= 11 is 0. The molecular weight excluding hydrogens is 243 g/mol. The molecule has 2 fully saturated rings. The summed E-state index contributed by atoms with van der Waals surface area (Å²) < 4.78 is 14.1. The van der Waals surface area contributed by atoms with Crippen LogP contribution in [-0.4, -0.2) is 43.0 Å². The van der Waals surface area contributed by atoms with Crippen LogP contribution in [0.25, 0.3) is 0 Å². The van der Waals surface area contributed by atoms with Gasteiger partial charge in [-0.3, -0.25) is 10.3 Å². The zero-order chi connectivity index (χ0) is 13.4. The Morgan fingerprint density at radius 2 is 2.16 bits per heavy atom. The fourth-order valence-electron chi connectivity index (χ4n) is 3.14. The smallest absolute Gasteiger partial charge is 0.147 e. The molecule has 2 aliphatic heterocycles. The first-order valence-corrected chi connectivity index (χ1v) is 6.78. The SMILES string of the molecule is N=C(N)c1ccc(N2CCN3CCCC3C2)c(F)c1. The number of nitrogen functional groups attached to an aromatic ring is 1. The van der Waals surface area contributed by atoms with Gasteiger partial charge in [0.2, 0.25) is 0 Å². The van der Waals surface area contributed by atoms with Crippen LogP contribution in [0, 0.1) is 11.2 Å². The van der Waals surface area contributed by atoms with E-state index in [1.165, 1.54) is 25.5 Å². The van der Waals surface area contributed by atoms with Crippen LogP contribution in [0.15, 0.2) is 18.2 Å². The number of nitrogens with two attached hydrogens (primary N) is 1. The van der Waals surface area contributed by atoms with Crippen molar-refractivity contribution in [1.82, 2.24) is 4.90 Å². The van der Waals surface area contributed by atoms with E-state index in [1.807, 2.05) is 0 Å². The van der Waals surface area contributed by atoms with Gasteiger partial charge in [-0.1, -0.05) is 0 Å². The number of benzene rings is 1. The lowest BCUT2D eigenvalue weighted by atomic mass is 10.1. The van der Waals surface area contributed by atoms with Crippen LogP contribution >= 0.6 is 0 Å². The number of nitrogens with zero attached hydrogens (tertiary/aromatic N) is 2. The van der Waals surface area contributed by atoms with Crippen LogP contribution in [0.2, 0.25) is 0 Å². The summed E-state index contributed by atoms with van der Waals surface area (Å²) in [5.74, 6) is -0.370. The van der Waals surface area contributed by atoms with Crippen LogP contribution in [-0.2, 0) is 0 Å². The second-order valence-corrected chi connectivity index (χ2v) is 5.36. The van der Waals surface area contributed by atoms with E-state index in [4.69, 9.17) is 11.1 Å². The average molecular weight is 262 g/mol. The highest BCUT2D eigenvalue weighted by molar-refractivity contribution is 5.95. The summed E-state index contributed by atoms with van der Waals surface area (Å²) in [5.41, 5.74) is 6.46. The number of anilines is 1. The lowest BCUT2D eigenvalue weighted by Gasteiger charge is -2.39. The highest BCUT2D eigenvalue weighted by Gasteiger charge is 2.31. The summed E-state index contributed by atoms with van der Waals surface area (Å²) in [6, 6.07) is 5.40. The maximum Gasteiger partial charge on any atom is 0.147 e. The second-order valence-electron chi connectivity index (χ2n) is 5.36. The molecule has 0 amide bonds. The predicted molar refractivity (Wildman–Crippen MR) is 74.2 cm³/mol. The van der Waals surface area contributed by atoms with Crippen LogP contribution in [0.1, 0.15) is 18.4 Å². The molecule has 0 aromatic heterocycles. The minimum Gasteiger partial charge on any atom is -0.384 e. The number of rotatable bonds is 2. The Morgan fingerprint density at radius 1 is 1.32 bits per heavy atom. The third-order valence-corrected chi connectivity index (χ3v) is 4.19. The summed E-state index contributed by atoms with van der Waals surface area (Å²) in [5, 5.41) is 7.33. The van der Waals surface area contributed by atoms with Gasteiger partial charge in [0.05, 0.1) is 5.69 Å². The summed E-state index contributed by atoms with van der Waals surface area (Å²) in [6.45, 7) is 3.96. The number of halogens is 1. The lowest BCUT2D eigenvalue weighted by molar-refractivity contribution is 0.230. The van der Waals surface area contributed by atoms with Gasteiger partial charge in [0, 0.05) is 31.2 Å². The van der Waals surface area contributed by atoms with Crippen LogP contribution in [0.3, 0.4) is 0 Å². The molecule has 0 saturated carbocycles. The molecule has 4 nitrogen and oxygen atoms in total. The van der Waals surface area contributed by atoms with Crippen molar-refractivity contribution in [2.24, 2.45) is 5.73 Å². The zero-order valence-electron chi connectivity index (χ0n) is 10.9. The first-order chi connectivity index (χ1) is 9.15. The first kappa shape index (κ1) is 12.4. The highest BCUT2D eigenvalue weighted by Crippen LogP contribution is 2.27. The van der Waals surface area contributed by atoms with E-state index in [0.29, 0.717) is 17.3 Å². The standard InChI is InChI=1S/C14H19FN4/c15-12-8-10(14(16)17)3-4-13(12)19-7-6-18-5-1-2-11(18)9-19/h3-4,8,11H,1-2,5-7,9H2,(H3,16,17). The van der Waals surface area contributed by atoms with Crippen molar-refractivity contribution in [3.8, 4) is 0 Å². The molecule has 2 aliphatic rings. The molecule has 3 N–H and O–H groups in total. The summed E-state index contributed by atoms with van der Waals surface area (Å²) in [6.07, 6.45) is 2.47. The van der Waals surface area contributed by atoms with Crippen LogP contribution in [0.5, 0.6) is 0 Å². The van der Waals surface area contributed by atoms with Gasteiger partial charge in [-0.2, -0.15) is 0 Å². The van der Waals surface area contributed by atoms with Gasteiger partial charge in [-0.25, -0.2) is 4.39 Å². The number of piperazine rings is 1. The van der Waals surface area contributed by atoms with Gasteiger partial charge in [0.1, 0.15) is 11.7 Å². The fourth-order valence-corrected chi connectivity index (χ4v) is 3.14. The van der Waals surface area contributed by atoms with E-state index in [1.54, 1.807) is 12.1 Å². The second kappa shape index (κ2) is 4.81. The van der Waals surface area contributed by atoms with E-state index >= 15 is 0 Å². The van der Waals surface area contributed by atoms with Crippen molar-refractivity contribution >= 4 is 11.5 Å². The molecule has 2 heterocycles. The molecule has 1 aromatic rings. The van der Waals surface area contributed by atoms with Gasteiger partial charge in [0.25, 0.3) is 0 Å². The number of hydrogen-bond donors (Lipinski definition) is 2. The molecule has 1 unspecified atom stereocenters. The average Bonchev–Trinajstić information content (AvgIpc) is 2.85. The quantitative estimate of drug-likeness (QED) is 0.625. The Kier molecular flexibility index (Phi) is 3.14. The summed E-state index contributed by atoms with van der Waals surface area (Å²) in [7, 11) is 0. The van der Waals surface area contributed by atoms with Crippen molar-refractivity contribution in [3.63, 3.8) is 0 Å². The lowest BCUT2D eigenvalue weighted by Crippen LogP contribution is -2.50. The number of hydrogen-bond acceptors (Lipinski definition) is 3. The molecule has 0 spiro atoms. The van der Waals surface area contributed by atoms with E-state index in [9.17, 15) is 4.39 Å². The molecule has 3 rings (SSSR count). The van der Waals surface area contributed by atoms with Gasteiger partial charge in [0.15, 0.2) is 0 Å². The van der Waals surface area contributed by atoms with Gasteiger partial charge < -0.3 is 10.6 Å². The fraction of sp³-hybridized carbons (Fsp3) is 0.500. The van der Waals surface area contributed by atoms with E-state index in [0.717, 1.165) is 19.6 Å². The van der Waals surface area contributed by atoms with Crippen molar-refractivity contribution in [3.05, 3.63) is 29.6 Å². The maximum absolute atomic E-state index is 14.1. The maximum atomic E-state index is 14.1. The Balaban J connectivity index is 1.80. The molecule has 1 aromatic carbocycles. The minimum atomic E-state index is -0.279. The molecule has 102 valence electrons.